The number of ether oxygens (including phenoxy) is 2. The molecule has 0 radical (unpaired) electrons. The highest BCUT2D eigenvalue weighted by Gasteiger charge is 2.08. The number of hydrogen-bond donors (Lipinski definition) is 2. The van der Waals surface area contributed by atoms with Gasteiger partial charge in [-0.15, -0.1) is 0 Å². The van der Waals surface area contributed by atoms with Crippen LogP contribution in [0.4, 0.5) is 0 Å². The molecule has 0 atom stereocenters. The van der Waals surface area contributed by atoms with Gasteiger partial charge >= 0.3 is 0 Å². The highest BCUT2D eigenvalue weighted by atomic mass is 16.5. The van der Waals surface area contributed by atoms with E-state index in [0.29, 0.717) is 25.7 Å². The van der Waals surface area contributed by atoms with Gasteiger partial charge in [0.1, 0.15) is 12.4 Å². The lowest BCUT2D eigenvalue weighted by Crippen LogP contribution is -2.17. The zero-order valence-electron chi connectivity index (χ0n) is 10.1. The predicted molar refractivity (Wildman–Crippen MR) is 64.2 cm³/mol. The smallest absolute Gasteiger partial charge is 0.243 e. The summed E-state index contributed by atoms with van der Waals surface area (Å²) in [6.45, 7) is 5.70. The van der Waals surface area contributed by atoms with Crippen LogP contribution in [-0.4, -0.2) is 35.6 Å². The lowest BCUT2D eigenvalue weighted by Gasteiger charge is -2.09. The van der Waals surface area contributed by atoms with Crippen molar-refractivity contribution >= 4 is 5.84 Å². The quantitative estimate of drug-likeness (QED) is 0.416. The zero-order chi connectivity index (χ0) is 12.7. The van der Waals surface area contributed by atoms with E-state index in [-0.39, 0.29) is 17.4 Å². The second-order valence-electron chi connectivity index (χ2n) is 3.94. The molecule has 0 saturated heterocycles. The van der Waals surface area contributed by atoms with E-state index in [1.165, 1.54) is 12.4 Å². The first-order valence-electron chi connectivity index (χ1n) is 5.47. The maximum atomic E-state index is 7.31. The first kappa shape index (κ1) is 13.4. The van der Waals surface area contributed by atoms with Gasteiger partial charge in [0.25, 0.3) is 0 Å². The van der Waals surface area contributed by atoms with Gasteiger partial charge in [-0.2, -0.15) is 0 Å². The third-order valence-corrected chi connectivity index (χ3v) is 1.84. The van der Waals surface area contributed by atoms with Crippen LogP contribution in [0.3, 0.4) is 0 Å². The topological polar surface area (TPSA) is 94.1 Å². The van der Waals surface area contributed by atoms with Crippen LogP contribution in [0.15, 0.2) is 12.4 Å². The minimum atomic E-state index is -0.156. The molecule has 1 heterocycles. The number of amidine groups is 1. The summed E-state index contributed by atoms with van der Waals surface area (Å²) >= 11 is 0. The molecule has 1 aromatic rings. The van der Waals surface area contributed by atoms with E-state index in [2.05, 4.69) is 23.8 Å². The summed E-state index contributed by atoms with van der Waals surface area (Å²) in [5.74, 6) is 0.614. The van der Waals surface area contributed by atoms with E-state index >= 15 is 0 Å². The normalized spacial score (nSPS) is 10.5. The highest BCUT2D eigenvalue weighted by molar-refractivity contribution is 5.94. The summed E-state index contributed by atoms with van der Waals surface area (Å²) in [4.78, 5) is 7.90. The van der Waals surface area contributed by atoms with Gasteiger partial charge in [0.2, 0.25) is 5.88 Å². The number of nitrogens with two attached hydrogens (primary N) is 1. The summed E-state index contributed by atoms with van der Waals surface area (Å²) in [6, 6.07) is 0. The van der Waals surface area contributed by atoms with Crippen molar-refractivity contribution in [1.29, 1.82) is 5.41 Å². The van der Waals surface area contributed by atoms with Crippen LogP contribution in [0.25, 0.3) is 0 Å². The molecule has 1 aromatic heterocycles. The predicted octanol–water partition coefficient (Wildman–Crippen LogP) is 0.812. The first-order valence-corrected chi connectivity index (χ1v) is 5.47. The van der Waals surface area contributed by atoms with Gasteiger partial charge in [-0.3, -0.25) is 5.41 Å². The third-order valence-electron chi connectivity index (χ3n) is 1.84. The number of hydrogen-bond acceptors (Lipinski definition) is 5. The Bertz CT molecular complexity index is 368. The summed E-state index contributed by atoms with van der Waals surface area (Å²) in [7, 11) is 0. The average molecular weight is 238 g/mol. The minimum Gasteiger partial charge on any atom is -0.474 e. The van der Waals surface area contributed by atoms with Crippen LogP contribution < -0.4 is 10.5 Å². The summed E-state index contributed by atoms with van der Waals surface area (Å²) in [5, 5.41) is 7.31. The maximum absolute atomic E-state index is 7.31. The Balaban J connectivity index is 2.39. The van der Waals surface area contributed by atoms with Crippen molar-refractivity contribution in [2.75, 3.05) is 19.8 Å². The van der Waals surface area contributed by atoms with Crippen molar-refractivity contribution in [3.63, 3.8) is 0 Å². The Morgan fingerprint density at radius 3 is 2.71 bits per heavy atom. The molecule has 0 aliphatic heterocycles. The van der Waals surface area contributed by atoms with Gasteiger partial charge in [-0.05, 0) is 5.92 Å². The van der Waals surface area contributed by atoms with Crippen molar-refractivity contribution in [2.45, 2.75) is 13.8 Å². The number of aromatic nitrogens is 2. The van der Waals surface area contributed by atoms with Crippen LogP contribution in [0.5, 0.6) is 5.88 Å². The fourth-order valence-corrected chi connectivity index (χ4v) is 1.13. The maximum Gasteiger partial charge on any atom is 0.243 e. The largest absolute Gasteiger partial charge is 0.474 e. The SMILES string of the molecule is CC(C)COCCOc1nccnc1C(=N)N. The molecule has 0 aliphatic rings. The molecule has 0 aliphatic carbocycles. The molecule has 0 bridgehead atoms. The lowest BCUT2D eigenvalue weighted by molar-refractivity contribution is 0.0804. The number of nitrogens with one attached hydrogen (secondary N) is 1. The van der Waals surface area contributed by atoms with E-state index in [0.717, 1.165) is 0 Å². The van der Waals surface area contributed by atoms with E-state index in [9.17, 15) is 0 Å². The zero-order valence-corrected chi connectivity index (χ0v) is 10.1. The summed E-state index contributed by atoms with van der Waals surface area (Å²) in [6.07, 6.45) is 2.97. The minimum absolute atomic E-state index is 0.156. The standard InChI is InChI=1S/C11H18N4O2/c1-8(2)7-16-5-6-17-11-9(10(12)13)14-3-4-15-11/h3-4,8H,5-7H2,1-2H3,(H3,12,13). The second-order valence-corrected chi connectivity index (χ2v) is 3.94. The summed E-state index contributed by atoms with van der Waals surface area (Å²) in [5.41, 5.74) is 5.61. The van der Waals surface area contributed by atoms with Crippen LogP contribution in [0, 0.1) is 11.3 Å². The molecule has 0 spiro atoms. The number of nitrogen functional groups attached to an aromatic ring is 1. The molecule has 0 unspecified atom stereocenters. The molecular weight excluding hydrogens is 220 g/mol. The van der Waals surface area contributed by atoms with Crippen LogP contribution in [-0.2, 0) is 4.74 Å². The molecule has 0 saturated carbocycles. The van der Waals surface area contributed by atoms with Crippen LogP contribution >= 0.6 is 0 Å². The van der Waals surface area contributed by atoms with Gasteiger partial charge in [0, 0.05) is 19.0 Å². The summed E-state index contributed by atoms with van der Waals surface area (Å²) < 4.78 is 10.7. The highest BCUT2D eigenvalue weighted by Crippen LogP contribution is 2.09. The average Bonchev–Trinajstić information content (AvgIpc) is 2.28. The molecule has 17 heavy (non-hydrogen) atoms. The van der Waals surface area contributed by atoms with Crippen molar-refractivity contribution in [3.8, 4) is 5.88 Å². The molecule has 3 N–H and O–H groups in total. The molecular formula is C11H18N4O2. The van der Waals surface area contributed by atoms with Gasteiger partial charge in [-0.1, -0.05) is 13.8 Å². The van der Waals surface area contributed by atoms with Crippen molar-refractivity contribution in [1.82, 2.24) is 9.97 Å². The van der Waals surface area contributed by atoms with Gasteiger partial charge in [0.15, 0.2) is 5.69 Å². The molecule has 1 rings (SSSR count). The van der Waals surface area contributed by atoms with Gasteiger partial charge < -0.3 is 15.2 Å². The number of rotatable bonds is 7. The fraction of sp³-hybridized carbons (Fsp3) is 0.545. The molecule has 0 fully saturated rings. The van der Waals surface area contributed by atoms with E-state index in [4.69, 9.17) is 20.6 Å². The molecule has 0 amide bonds. The van der Waals surface area contributed by atoms with Gasteiger partial charge in [0.05, 0.1) is 6.61 Å². The Morgan fingerprint density at radius 1 is 1.35 bits per heavy atom. The van der Waals surface area contributed by atoms with E-state index in [1.54, 1.807) is 0 Å². The van der Waals surface area contributed by atoms with Crippen LogP contribution in [0.1, 0.15) is 19.5 Å². The lowest BCUT2D eigenvalue weighted by atomic mass is 10.2. The monoisotopic (exact) mass is 238 g/mol. The molecule has 6 nitrogen and oxygen atoms in total. The Hall–Kier alpha value is -1.69. The second kappa shape index (κ2) is 6.80. The Labute approximate surface area is 101 Å². The molecule has 6 heteroatoms. The fourth-order valence-electron chi connectivity index (χ4n) is 1.13. The van der Waals surface area contributed by atoms with Crippen molar-refractivity contribution < 1.29 is 9.47 Å². The van der Waals surface area contributed by atoms with E-state index < -0.39 is 0 Å². The van der Waals surface area contributed by atoms with Crippen molar-refractivity contribution in [2.24, 2.45) is 11.7 Å². The molecule has 94 valence electrons. The number of nitrogens with zero attached hydrogens (tertiary/aromatic N) is 2. The van der Waals surface area contributed by atoms with Gasteiger partial charge in [-0.25, -0.2) is 9.97 Å². The Kier molecular flexibility index (Phi) is 5.35. The Morgan fingerprint density at radius 2 is 2.06 bits per heavy atom. The van der Waals surface area contributed by atoms with E-state index in [1.807, 2.05) is 0 Å². The van der Waals surface area contributed by atoms with Crippen molar-refractivity contribution in [3.05, 3.63) is 18.1 Å². The third kappa shape index (κ3) is 4.78. The first-order chi connectivity index (χ1) is 8.11. The molecule has 0 aromatic carbocycles. The van der Waals surface area contributed by atoms with Crippen LogP contribution in [0.2, 0.25) is 0 Å².